The first-order chi connectivity index (χ1) is 12.1. The van der Waals surface area contributed by atoms with Gasteiger partial charge >= 0.3 is 5.97 Å². The number of ether oxygens (including phenoxy) is 1. The van der Waals surface area contributed by atoms with Crippen LogP contribution in [0.3, 0.4) is 0 Å². The van der Waals surface area contributed by atoms with Crippen LogP contribution in [-0.2, 0) is 14.4 Å². The van der Waals surface area contributed by atoms with Crippen molar-refractivity contribution in [1.29, 1.82) is 0 Å². The van der Waals surface area contributed by atoms with Crippen LogP contribution in [0, 0.1) is 11.8 Å². The van der Waals surface area contributed by atoms with Crippen LogP contribution in [0.4, 0.5) is 5.69 Å². The molecule has 2 amide bonds. The zero-order valence-corrected chi connectivity index (χ0v) is 16.1. The second-order valence-corrected chi connectivity index (χ2v) is 7.11. The lowest BCUT2D eigenvalue weighted by Gasteiger charge is -2.22. The van der Waals surface area contributed by atoms with Gasteiger partial charge in [0.1, 0.15) is 11.8 Å². The Balaban J connectivity index is 2.78. The van der Waals surface area contributed by atoms with Crippen molar-refractivity contribution in [3.8, 4) is 5.75 Å². The molecular weight excluding hydrogens is 360 g/mol. The van der Waals surface area contributed by atoms with Gasteiger partial charge in [0.25, 0.3) is 0 Å². The molecule has 0 heterocycles. The molecule has 1 rings (SSSR count). The third-order valence-corrected chi connectivity index (χ3v) is 3.71. The Morgan fingerprint density at radius 2 is 1.85 bits per heavy atom. The van der Waals surface area contributed by atoms with Crippen LogP contribution < -0.4 is 15.4 Å². The average molecular weight is 385 g/mol. The molecule has 0 aromatic heterocycles. The Labute approximate surface area is 158 Å². The van der Waals surface area contributed by atoms with Crippen LogP contribution in [0.2, 0.25) is 5.02 Å². The SMILES string of the molecule is CC(C)CC(=O)NC(C(=O)Nc1ccc(OCC(=O)O)c(Cl)c1)C(C)C. The molecule has 8 heteroatoms. The number of anilines is 1. The third kappa shape index (κ3) is 7.31. The summed E-state index contributed by atoms with van der Waals surface area (Å²) >= 11 is 6.04. The average Bonchev–Trinajstić information content (AvgIpc) is 2.50. The number of carbonyl (C=O) groups is 3. The second-order valence-electron chi connectivity index (χ2n) is 6.70. The van der Waals surface area contributed by atoms with Gasteiger partial charge in [0.05, 0.1) is 5.02 Å². The maximum atomic E-state index is 12.5. The number of amides is 2. The zero-order chi connectivity index (χ0) is 19.9. The van der Waals surface area contributed by atoms with E-state index in [1.807, 2.05) is 27.7 Å². The first-order valence-electron chi connectivity index (χ1n) is 8.34. The number of hydrogen-bond donors (Lipinski definition) is 3. The number of aliphatic carboxylic acids is 1. The first kappa shape index (κ1) is 21.8. The van der Waals surface area contributed by atoms with Gasteiger partial charge in [0.15, 0.2) is 6.61 Å². The predicted octanol–water partition coefficient (Wildman–Crippen LogP) is 2.93. The third-order valence-electron chi connectivity index (χ3n) is 3.41. The van der Waals surface area contributed by atoms with E-state index in [1.165, 1.54) is 12.1 Å². The van der Waals surface area contributed by atoms with Gasteiger partial charge in [0.2, 0.25) is 11.8 Å². The molecule has 0 saturated carbocycles. The van der Waals surface area contributed by atoms with Crippen LogP contribution in [0.25, 0.3) is 0 Å². The van der Waals surface area contributed by atoms with E-state index in [-0.39, 0.29) is 34.4 Å². The standard InChI is InChI=1S/C18H25ClN2O5/c1-10(2)7-15(22)21-17(11(3)4)18(25)20-12-5-6-14(13(19)8-12)26-9-16(23)24/h5-6,8,10-11,17H,7,9H2,1-4H3,(H,20,25)(H,21,22)(H,23,24). The van der Waals surface area contributed by atoms with Crippen molar-refractivity contribution < 1.29 is 24.2 Å². The molecule has 7 nitrogen and oxygen atoms in total. The molecule has 1 aromatic rings. The zero-order valence-electron chi connectivity index (χ0n) is 15.3. The van der Waals surface area contributed by atoms with E-state index < -0.39 is 18.6 Å². The molecule has 1 unspecified atom stereocenters. The van der Waals surface area contributed by atoms with Crippen molar-refractivity contribution in [1.82, 2.24) is 5.32 Å². The summed E-state index contributed by atoms with van der Waals surface area (Å²) in [6, 6.07) is 3.81. The van der Waals surface area contributed by atoms with Crippen LogP contribution in [-0.4, -0.2) is 35.5 Å². The van der Waals surface area contributed by atoms with E-state index in [2.05, 4.69) is 10.6 Å². The maximum Gasteiger partial charge on any atom is 0.341 e. The molecule has 0 aliphatic rings. The van der Waals surface area contributed by atoms with Crippen LogP contribution in [0.5, 0.6) is 5.75 Å². The van der Waals surface area contributed by atoms with Gasteiger partial charge in [-0.25, -0.2) is 4.79 Å². The summed E-state index contributed by atoms with van der Waals surface area (Å²) in [5.74, 6) is -1.34. The Kier molecular flexibility index (Phi) is 8.38. The van der Waals surface area contributed by atoms with Gasteiger partial charge in [-0.1, -0.05) is 39.3 Å². The van der Waals surface area contributed by atoms with Gasteiger partial charge in [0, 0.05) is 12.1 Å². The van der Waals surface area contributed by atoms with Gasteiger partial charge in [-0.3, -0.25) is 9.59 Å². The van der Waals surface area contributed by atoms with Crippen LogP contribution in [0.1, 0.15) is 34.1 Å². The number of rotatable bonds is 9. The summed E-state index contributed by atoms with van der Waals surface area (Å²) in [5, 5.41) is 14.3. The van der Waals surface area contributed by atoms with E-state index in [1.54, 1.807) is 6.07 Å². The second kappa shape index (κ2) is 10.0. The summed E-state index contributed by atoms with van der Waals surface area (Å²) in [7, 11) is 0. The van der Waals surface area contributed by atoms with E-state index in [9.17, 15) is 14.4 Å². The van der Waals surface area contributed by atoms with E-state index in [0.717, 1.165) is 0 Å². The number of carbonyl (C=O) groups excluding carboxylic acids is 2. The highest BCUT2D eigenvalue weighted by Crippen LogP contribution is 2.27. The molecule has 0 fully saturated rings. The molecule has 1 aromatic carbocycles. The summed E-state index contributed by atoms with van der Waals surface area (Å²) < 4.78 is 5.03. The van der Waals surface area contributed by atoms with Crippen molar-refractivity contribution in [3.63, 3.8) is 0 Å². The van der Waals surface area contributed by atoms with Crippen molar-refractivity contribution in [2.75, 3.05) is 11.9 Å². The van der Waals surface area contributed by atoms with Crippen LogP contribution in [0.15, 0.2) is 18.2 Å². The maximum absolute atomic E-state index is 12.5. The van der Waals surface area contributed by atoms with Crippen LogP contribution >= 0.6 is 11.6 Å². The normalized spacial score (nSPS) is 12.0. The molecule has 0 aliphatic carbocycles. The Hall–Kier alpha value is -2.28. The molecule has 0 aliphatic heterocycles. The fraction of sp³-hybridized carbons (Fsp3) is 0.500. The molecular formula is C18H25ClN2O5. The highest BCUT2D eigenvalue weighted by atomic mass is 35.5. The minimum absolute atomic E-state index is 0.0974. The van der Waals surface area contributed by atoms with Gasteiger partial charge in [-0.05, 0) is 30.0 Å². The number of carboxylic acids is 1. The quantitative estimate of drug-likeness (QED) is 0.607. The van der Waals surface area contributed by atoms with Crippen molar-refractivity contribution in [2.45, 2.75) is 40.2 Å². The number of halogens is 1. The topological polar surface area (TPSA) is 105 Å². The van der Waals surface area contributed by atoms with Gasteiger partial charge in [-0.15, -0.1) is 0 Å². The smallest absolute Gasteiger partial charge is 0.341 e. The van der Waals surface area contributed by atoms with E-state index in [0.29, 0.717) is 12.1 Å². The lowest BCUT2D eigenvalue weighted by Crippen LogP contribution is -2.47. The van der Waals surface area contributed by atoms with E-state index >= 15 is 0 Å². The summed E-state index contributed by atoms with van der Waals surface area (Å²) in [5.41, 5.74) is 0.423. The highest BCUT2D eigenvalue weighted by molar-refractivity contribution is 6.32. The largest absolute Gasteiger partial charge is 0.480 e. The number of nitrogens with one attached hydrogen (secondary N) is 2. The minimum Gasteiger partial charge on any atom is -0.480 e. The van der Waals surface area contributed by atoms with Gasteiger partial charge in [-0.2, -0.15) is 0 Å². The minimum atomic E-state index is -1.12. The molecule has 26 heavy (non-hydrogen) atoms. The molecule has 0 bridgehead atoms. The first-order valence-corrected chi connectivity index (χ1v) is 8.72. The van der Waals surface area contributed by atoms with Crippen molar-refractivity contribution >= 4 is 35.1 Å². The number of carboxylic acid groups (broad SMARTS) is 1. The fourth-order valence-corrected chi connectivity index (χ4v) is 2.43. The lowest BCUT2D eigenvalue weighted by molar-refractivity contribution is -0.139. The summed E-state index contributed by atoms with van der Waals surface area (Å²) in [6.07, 6.45) is 0.345. The van der Waals surface area contributed by atoms with Crippen molar-refractivity contribution in [2.24, 2.45) is 11.8 Å². The fourth-order valence-electron chi connectivity index (χ4n) is 2.19. The number of benzene rings is 1. The summed E-state index contributed by atoms with van der Waals surface area (Å²) in [4.78, 5) is 35.0. The lowest BCUT2D eigenvalue weighted by atomic mass is 10.0. The molecule has 0 radical (unpaired) electrons. The molecule has 144 valence electrons. The molecule has 3 N–H and O–H groups in total. The molecule has 0 spiro atoms. The Morgan fingerprint density at radius 1 is 1.19 bits per heavy atom. The van der Waals surface area contributed by atoms with Crippen molar-refractivity contribution in [3.05, 3.63) is 23.2 Å². The highest BCUT2D eigenvalue weighted by Gasteiger charge is 2.24. The monoisotopic (exact) mass is 384 g/mol. The Bertz CT molecular complexity index is 661. The molecule has 1 atom stereocenters. The Morgan fingerprint density at radius 3 is 2.35 bits per heavy atom. The van der Waals surface area contributed by atoms with E-state index in [4.69, 9.17) is 21.4 Å². The predicted molar refractivity (Wildman–Crippen MR) is 99.4 cm³/mol. The molecule has 0 saturated heterocycles. The summed E-state index contributed by atoms with van der Waals surface area (Å²) in [6.45, 7) is 7.04. The number of hydrogen-bond acceptors (Lipinski definition) is 4. The van der Waals surface area contributed by atoms with Gasteiger partial charge < -0.3 is 20.5 Å².